The van der Waals surface area contributed by atoms with Gasteiger partial charge in [-0.05, 0) is 0 Å². The molecule has 0 bridgehead atoms. The van der Waals surface area contributed by atoms with E-state index in [0.717, 1.165) is 0 Å². The van der Waals surface area contributed by atoms with E-state index in [1.807, 2.05) is 0 Å². The van der Waals surface area contributed by atoms with Crippen LogP contribution in [0.4, 0.5) is 0 Å². The quantitative estimate of drug-likeness (QED) is 0.281. The van der Waals surface area contributed by atoms with E-state index in [0.29, 0.717) is 0 Å². The molecule has 0 aromatic rings. The van der Waals surface area contributed by atoms with Crippen LogP contribution in [0.2, 0.25) is 0 Å². The van der Waals surface area contributed by atoms with Crippen LogP contribution in [0.15, 0.2) is 0 Å². The molecule has 0 heterocycles. The third-order valence-corrected chi connectivity index (χ3v) is 0. The number of hydrogen-bond acceptors (Lipinski definition) is 8. The molecule has 0 spiro atoms. The van der Waals surface area contributed by atoms with Crippen molar-refractivity contribution in [3.8, 4) is 0 Å². The number of rotatable bonds is 0. The first-order valence-electron chi connectivity index (χ1n) is 1.46. The summed E-state index contributed by atoms with van der Waals surface area (Å²) in [6.45, 7) is 0. The molecular weight excluding hydrogens is 399 g/mol. The van der Waals surface area contributed by atoms with Crippen molar-refractivity contribution in [2.75, 3.05) is 0 Å². The standard InChI is InChI=1S/Ca.2H3O4P.H2O.Sr.Zn/c;2*1-5(2,3)4;;;/h;2*(H3,1,2,3,4);1H2;;/q+2;;;;2*+2/p-6. The average Bonchev–Trinajstić information content (AvgIpc) is 1.12. The molecule has 72 valence electrons. The maximum Gasteiger partial charge on any atom is 2.00 e. The largest absolute Gasteiger partial charge is 2.00 e. The fourth-order valence-corrected chi connectivity index (χ4v) is 0. The summed E-state index contributed by atoms with van der Waals surface area (Å²) >= 11 is 0. The Morgan fingerprint density at radius 3 is 0.714 bits per heavy atom. The van der Waals surface area contributed by atoms with Crippen molar-refractivity contribution in [3.05, 3.63) is 0 Å². The minimum absolute atomic E-state index is 0. The molecule has 0 saturated heterocycles. The Hall–Kier alpha value is 3.54. The van der Waals surface area contributed by atoms with Gasteiger partial charge in [-0.1, -0.05) is 0 Å². The zero-order valence-electron chi connectivity index (χ0n) is 6.78. The van der Waals surface area contributed by atoms with Crippen LogP contribution in [0, 0.1) is 0 Å². The molecule has 0 aromatic heterocycles. The van der Waals surface area contributed by atoms with Crippen LogP contribution < -0.4 is 29.4 Å². The van der Waals surface area contributed by atoms with Gasteiger partial charge < -0.3 is 44.0 Å². The summed E-state index contributed by atoms with van der Waals surface area (Å²) in [5.74, 6) is 0. The van der Waals surface area contributed by atoms with Crippen molar-refractivity contribution in [2.24, 2.45) is 0 Å². The van der Waals surface area contributed by atoms with Gasteiger partial charge in [0.2, 0.25) is 0 Å². The fraction of sp³-hybridized carbons (Fsp3) is 0. The van der Waals surface area contributed by atoms with Crippen molar-refractivity contribution >= 4 is 98.9 Å². The van der Waals surface area contributed by atoms with Crippen LogP contribution >= 0.6 is 15.6 Å². The van der Waals surface area contributed by atoms with Gasteiger partial charge in [0.1, 0.15) is 0 Å². The number of hydrogen-bond donors (Lipinski definition) is 0. The molecule has 0 atom stereocenters. The molecule has 0 radical (unpaired) electrons. The summed E-state index contributed by atoms with van der Waals surface area (Å²) < 4.78 is 17.1. The van der Waals surface area contributed by atoms with Gasteiger partial charge in [-0.3, -0.25) is 0 Å². The molecule has 14 heavy (non-hydrogen) atoms. The summed E-state index contributed by atoms with van der Waals surface area (Å²) in [5.41, 5.74) is 0. The second-order valence-corrected chi connectivity index (χ2v) is 2.68. The normalized spacial score (nSPS) is 8.43. The van der Waals surface area contributed by atoms with E-state index in [1.54, 1.807) is 0 Å². The zero-order chi connectivity index (χ0) is 9.00. The van der Waals surface area contributed by atoms with E-state index in [1.165, 1.54) is 0 Å². The smallest absolute Gasteiger partial charge is 0.822 e. The Morgan fingerprint density at radius 1 is 0.714 bits per heavy atom. The van der Waals surface area contributed by atoms with Crippen molar-refractivity contribution in [2.45, 2.75) is 0 Å². The third kappa shape index (κ3) is 262. The van der Waals surface area contributed by atoms with Gasteiger partial charge in [0.25, 0.3) is 0 Å². The topological polar surface area (TPSA) is 204 Å². The fourth-order valence-electron chi connectivity index (χ4n) is 0. The van der Waals surface area contributed by atoms with Crippen LogP contribution in [-0.2, 0) is 28.6 Å². The minimum atomic E-state index is -5.39. The third-order valence-electron chi connectivity index (χ3n) is 0. The molecule has 0 aromatic carbocycles. The predicted molar refractivity (Wildman–Crippen MR) is 30.3 cm³/mol. The van der Waals surface area contributed by atoms with Crippen LogP contribution in [0.1, 0.15) is 0 Å². The Morgan fingerprint density at radius 2 is 0.714 bits per heavy atom. The molecule has 0 unspecified atom stereocenters. The van der Waals surface area contributed by atoms with E-state index in [2.05, 4.69) is 0 Å². The molecule has 9 nitrogen and oxygen atoms in total. The van der Waals surface area contributed by atoms with Crippen molar-refractivity contribution in [1.29, 1.82) is 0 Å². The second-order valence-electron chi connectivity index (χ2n) is 0.894. The van der Waals surface area contributed by atoms with Crippen LogP contribution in [-0.4, -0.2) is 88.7 Å². The molecule has 0 rings (SSSR count). The van der Waals surface area contributed by atoms with Crippen molar-refractivity contribution in [3.63, 3.8) is 0 Å². The second kappa shape index (κ2) is 16.5. The van der Waals surface area contributed by atoms with Crippen molar-refractivity contribution in [1.82, 2.24) is 0 Å². The monoisotopic (exact) mass is 400 g/mol. The Labute approximate surface area is 159 Å². The molecule has 0 aliphatic rings. The van der Waals surface area contributed by atoms with E-state index >= 15 is 0 Å². The summed E-state index contributed by atoms with van der Waals surface area (Å²) in [6.07, 6.45) is 0. The van der Waals surface area contributed by atoms with E-state index in [9.17, 15) is 0 Å². The average molecular weight is 401 g/mol. The first-order chi connectivity index (χ1) is 4.00. The van der Waals surface area contributed by atoms with E-state index in [-0.39, 0.29) is 108 Å². The van der Waals surface area contributed by atoms with Gasteiger partial charge in [-0.15, -0.1) is 0 Å². The van der Waals surface area contributed by atoms with Gasteiger partial charge in [0.15, 0.2) is 0 Å². The Bertz CT molecular complexity index is 135. The molecule has 14 heteroatoms. The van der Waals surface area contributed by atoms with Crippen LogP contribution in [0.3, 0.4) is 0 Å². The molecule has 0 aliphatic carbocycles. The molecule has 0 fully saturated rings. The van der Waals surface area contributed by atoms with E-state index < -0.39 is 15.6 Å². The van der Waals surface area contributed by atoms with Gasteiger partial charge >= 0.3 is 103 Å². The molecule has 0 saturated carbocycles. The number of phosphoric acid groups is 2. The maximum atomic E-state index is 8.55. The zero-order valence-corrected chi connectivity index (χ0v) is 17.2. The summed E-state index contributed by atoms with van der Waals surface area (Å²) in [7, 11) is -10.8. The Balaban J connectivity index is -0.0000000178. The van der Waals surface area contributed by atoms with Gasteiger partial charge in [-0.2, -0.15) is 15.6 Å². The van der Waals surface area contributed by atoms with Gasteiger partial charge in [0, 0.05) is 0 Å². The summed E-state index contributed by atoms with van der Waals surface area (Å²) in [4.78, 5) is 51.3. The first kappa shape index (κ1) is 36.0. The first-order valence-corrected chi connectivity index (χ1v) is 4.38. The van der Waals surface area contributed by atoms with Gasteiger partial charge in [-0.25, -0.2) is 0 Å². The van der Waals surface area contributed by atoms with Crippen LogP contribution in [0.5, 0.6) is 0 Å². The van der Waals surface area contributed by atoms with Crippen molar-refractivity contribution < 1.29 is 63.4 Å². The minimum Gasteiger partial charge on any atom is -0.822 e. The molecule has 2 N–H and O–H groups in total. The molecule has 0 amide bonds. The Kier molecular flexibility index (Phi) is 42.6. The SMILES string of the molecule is O.O=P([O-])([O-])[O-].O=P([O-])([O-])[O-].[Ca+2].[Sr+2].[Zn+2]. The van der Waals surface area contributed by atoms with E-state index in [4.69, 9.17) is 38.5 Å². The maximum absolute atomic E-state index is 8.55. The predicted octanol–water partition coefficient (Wildman–Crippen LogP) is -7.24. The molecular formula is H2CaO9P2SrZn. The summed E-state index contributed by atoms with van der Waals surface area (Å²) in [5, 5.41) is 0. The summed E-state index contributed by atoms with van der Waals surface area (Å²) in [6, 6.07) is 0. The van der Waals surface area contributed by atoms with Crippen LogP contribution in [0.25, 0.3) is 0 Å². The molecule has 0 aliphatic heterocycles. The van der Waals surface area contributed by atoms with Gasteiger partial charge in [0.05, 0.1) is 0 Å².